The normalized spacial score (nSPS) is 14.7. The summed E-state index contributed by atoms with van der Waals surface area (Å²) in [7, 11) is 0. The van der Waals surface area contributed by atoms with Crippen molar-refractivity contribution >= 4 is 12.2 Å². The van der Waals surface area contributed by atoms with Gasteiger partial charge >= 0.3 is 5.97 Å². The lowest BCUT2D eigenvalue weighted by molar-refractivity contribution is 0.0734. The van der Waals surface area contributed by atoms with Crippen LogP contribution in [0.2, 0.25) is 0 Å². The summed E-state index contributed by atoms with van der Waals surface area (Å²) in [5.74, 6) is 0.948. The number of unbranched alkanes of at least 4 members (excludes halogenated alkanes) is 3. The minimum absolute atomic E-state index is 0.367. The maximum Gasteiger partial charge on any atom is 0.343 e. The summed E-state index contributed by atoms with van der Waals surface area (Å²) < 4.78 is 11.2. The van der Waals surface area contributed by atoms with Gasteiger partial charge in [0.1, 0.15) is 11.5 Å². The Morgan fingerprint density at radius 3 is 2.33 bits per heavy atom. The molecule has 2 aromatic rings. The average molecular weight is 408 g/mol. The van der Waals surface area contributed by atoms with Crippen LogP contribution in [0.4, 0.5) is 0 Å². The van der Waals surface area contributed by atoms with Crippen molar-refractivity contribution in [1.82, 2.24) is 0 Å². The van der Waals surface area contributed by atoms with Gasteiger partial charge in [0, 0.05) is 12.3 Å². The monoisotopic (exact) mass is 407 g/mol. The molecule has 0 aliphatic heterocycles. The number of nitrogens with zero attached hydrogens (tertiary/aromatic N) is 1. The number of benzene rings is 2. The number of ether oxygens (including phenoxy) is 2. The topological polar surface area (TPSA) is 47.9 Å². The second-order valence-electron chi connectivity index (χ2n) is 7.96. The van der Waals surface area contributed by atoms with Gasteiger partial charge < -0.3 is 9.47 Å². The molecule has 0 amide bonds. The smallest absolute Gasteiger partial charge is 0.343 e. The number of aliphatic imine (C=N–C) groups is 1. The number of hydrogen-bond acceptors (Lipinski definition) is 4. The highest BCUT2D eigenvalue weighted by Gasteiger charge is 2.11. The largest absolute Gasteiger partial charge is 0.494 e. The average Bonchev–Trinajstić information content (AvgIpc) is 2.79. The van der Waals surface area contributed by atoms with Crippen molar-refractivity contribution in [1.29, 1.82) is 0 Å². The summed E-state index contributed by atoms with van der Waals surface area (Å²) in [5.41, 5.74) is 1.54. The van der Waals surface area contributed by atoms with Crippen LogP contribution in [-0.4, -0.2) is 24.8 Å². The van der Waals surface area contributed by atoms with Crippen molar-refractivity contribution in [3.8, 4) is 11.5 Å². The molecule has 160 valence electrons. The third-order valence-electron chi connectivity index (χ3n) is 5.46. The maximum absolute atomic E-state index is 12.4. The van der Waals surface area contributed by atoms with Gasteiger partial charge in [-0.1, -0.05) is 45.4 Å². The van der Waals surface area contributed by atoms with Gasteiger partial charge in [0.2, 0.25) is 0 Å². The molecule has 2 aromatic carbocycles. The van der Waals surface area contributed by atoms with Crippen LogP contribution in [0.15, 0.2) is 53.5 Å². The molecule has 0 unspecified atom stereocenters. The molecular weight excluding hydrogens is 374 g/mol. The van der Waals surface area contributed by atoms with Gasteiger partial charge in [-0.25, -0.2) is 4.79 Å². The Labute approximate surface area is 180 Å². The molecule has 0 aromatic heterocycles. The van der Waals surface area contributed by atoms with E-state index >= 15 is 0 Å². The zero-order chi connectivity index (χ0) is 21.0. The van der Waals surface area contributed by atoms with E-state index in [2.05, 4.69) is 6.92 Å². The summed E-state index contributed by atoms with van der Waals surface area (Å²) in [6, 6.07) is 15.1. The lowest BCUT2D eigenvalue weighted by atomic mass is 9.96. The third kappa shape index (κ3) is 7.33. The molecule has 1 aliphatic carbocycles. The molecule has 30 heavy (non-hydrogen) atoms. The third-order valence-corrected chi connectivity index (χ3v) is 5.46. The van der Waals surface area contributed by atoms with Crippen molar-refractivity contribution in [2.75, 3.05) is 6.61 Å². The SMILES string of the molecule is CCCCCCOc1ccc(C(=O)Oc2ccc(C=NC3CCCCC3)cc2)cc1. The molecule has 3 rings (SSSR count). The number of hydrogen-bond donors (Lipinski definition) is 0. The molecule has 0 N–H and O–H groups in total. The summed E-state index contributed by atoms with van der Waals surface area (Å²) >= 11 is 0. The van der Waals surface area contributed by atoms with Crippen LogP contribution in [0, 0.1) is 0 Å². The number of rotatable bonds is 10. The standard InChI is InChI=1S/C26H33NO3/c1-2-3-4-8-19-29-24-17-13-22(14-18-24)26(28)30-25-15-11-21(12-16-25)20-27-23-9-6-5-7-10-23/h11-18,20,23H,2-10,19H2,1H3. The summed E-state index contributed by atoms with van der Waals surface area (Å²) in [6.45, 7) is 2.90. The van der Waals surface area contributed by atoms with Crippen molar-refractivity contribution in [2.45, 2.75) is 70.8 Å². The van der Waals surface area contributed by atoms with Gasteiger partial charge in [-0.2, -0.15) is 0 Å². The molecule has 0 bridgehead atoms. The number of esters is 1. The van der Waals surface area contributed by atoms with Gasteiger partial charge in [0.25, 0.3) is 0 Å². The van der Waals surface area contributed by atoms with E-state index in [1.54, 1.807) is 12.1 Å². The fourth-order valence-corrected chi connectivity index (χ4v) is 3.62. The quantitative estimate of drug-likeness (QED) is 0.192. The molecule has 0 atom stereocenters. The fraction of sp³-hybridized carbons (Fsp3) is 0.462. The number of carbonyl (C=O) groups is 1. The molecular formula is C26H33NO3. The highest BCUT2D eigenvalue weighted by molar-refractivity contribution is 5.91. The number of carbonyl (C=O) groups excluding carboxylic acids is 1. The molecule has 4 nitrogen and oxygen atoms in total. The van der Waals surface area contributed by atoms with Crippen LogP contribution in [0.3, 0.4) is 0 Å². The lowest BCUT2D eigenvalue weighted by Crippen LogP contribution is -2.09. The van der Waals surface area contributed by atoms with Crippen LogP contribution >= 0.6 is 0 Å². The first-order valence-corrected chi connectivity index (χ1v) is 11.3. The Balaban J connectivity index is 1.46. The zero-order valence-corrected chi connectivity index (χ0v) is 18.0. The van der Waals surface area contributed by atoms with E-state index in [1.807, 2.05) is 42.6 Å². The summed E-state index contributed by atoms with van der Waals surface area (Å²) in [6.07, 6.45) is 12.9. The maximum atomic E-state index is 12.4. The van der Waals surface area contributed by atoms with E-state index in [4.69, 9.17) is 14.5 Å². The first kappa shape index (κ1) is 22.1. The van der Waals surface area contributed by atoms with E-state index in [0.717, 1.165) is 17.7 Å². The first-order valence-electron chi connectivity index (χ1n) is 11.3. The van der Waals surface area contributed by atoms with Gasteiger partial charge in [-0.3, -0.25) is 4.99 Å². The summed E-state index contributed by atoms with van der Waals surface area (Å²) in [5, 5.41) is 0. The highest BCUT2D eigenvalue weighted by atomic mass is 16.5. The van der Waals surface area contributed by atoms with Crippen LogP contribution in [0.25, 0.3) is 0 Å². The molecule has 0 saturated heterocycles. The van der Waals surface area contributed by atoms with E-state index in [0.29, 0.717) is 24.0 Å². The molecule has 1 saturated carbocycles. The molecule has 1 fully saturated rings. The first-order chi connectivity index (χ1) is 14.7. The van der Waals surface area contributed by atoms with Gasteiger partial charge in [-0.05, 0) is 73.4 Å². The molecule has 0 heterocycles. The van der Waals surface area contributed by atoms with E-state index in [-0.39, 0.29) is 5.97 Å². The van der Waals surface area contributed by atoms with E-state index in [1.165, 1.54) is 51.4 Å². The Bertz CT molecular complexity index is 790. The Kier molecular flexibility index (Phi) is 8.95. The Hall–Kier alpha value is -2.62. The summed E-state index contributed by atoms with van der Waals surface area (Å²) in [4.78, 5) is 17.1. The highest BCUT2D eigenvalue weighted by Crippen LogP contribution is 2.21. The van der Waals surface area contributed by atoms with Crippen LogP contribution < -0.4 is 9.47 Å². The van der Waals surface area contributed by atoms with E-state index < -0.39 is 0 Å². The second-order valence-corrected chi connectivity index (χ2v) is 7.96. The lowest BCUT2D eigenvalue weighted by Gasteiger charge is -2.17. The van der Waals surface area contributed by atoms with Crippen LogP contribution in [-0.2, 0) is 0 Å². The Morgan fingerprint density at radius 1 is 0.933 bits per heavy atom. The molecule has 0 spiro atoms. The zero-order valence-electron chi connectivity index (χ0n) is 18.0. The molecule has 1 aliphatic rings. The van der Waals surface area contributed by atoms with E-state index in [9.17, 15) is 4.79 Å². The van der Waals surface area contributed by atoms with Gasteiger partial charge in [0.05, 0.1) is 12.2 Å². The van der Waals surface area contributed by atoms with Crippen LogP contribution in [0.1, 0.15) is 80.6 Å². The van der Waals surface area contributed by atoms with Crippen molar-refractivity contribution < 1.29 is 14.3 Å². The molecule has 4 heteroatoms. The molecule has 0 radical (unpaired) electrons. The second kappa shape index (κ2) is 12.2. The van der Waals surface area contributed by atoms with Gasteiger partial charge in [0.15, 0.2) is 0 Å². The van der Waals surface area contributed by atoms with Crippen molar-refractivity contribution in [3.05, 3.63) is 59.7 Å². The van der Waals surface area contributed by atoms with Crippen LogP contribution in [0.5, 0.6) is 11.5 Å². The van der Waals surface area contributed by atoms with Gasteiger partial charge in [-0.15, -0.1) is 0 Å². The predicted octanol–water partition coefficient (Wildman–Crippen LogP) is 6.62. The minimum atomic E-state index is -0.367. The fourth-order valence-electron chi connectivity index (χ4n) is 3.62. The predicted molar refractivity (Wildman–Crippen MR) is 122 cm³/mol. The van der Waals surface area contributed by atoms with Crippen molar-refractivity contribution in [2.24, 2.45) is 4.99 Å². The Morgan fingerprint density at radius 2 is 1.63 bits per heavy atom. The minimum Gasteiger partial charge on any atom is -0.494 e. The van der Waals surface area contributed by atoms with Crippen molar-refractivity contribution in [3.63, 3.8) is 0 Å².